The maximum absolute atomic E-state index is 14.2. The number of thiazole rings is 1. The number of para-hydroxylation sites is 1. The van der Waals surface area contributed by atoms with Gasteiger partial charge in [-0.25, -0.2) is 9.37 Å². The average Bonchev–Trinajstić information content (AvgIpc) is 3.23. The van der Waals surface area contributed by atoms with Gasteiger partial charge in [-0.3, -0.25) is 14.5 Å². The van der Waals surface area contributed by atoms with Crippen LogP contribution < -0.4 is 4.90 Å². The monoisotopic (exact) mass is 425 g/mol. The molecule has 30 heavy (non-hydrogen) atoms. The summed E-state index contributed by atoms with van der Waals surface area (Å²) in [5, 5.41) is 2.07. The molecule has 0 unspecified atom stereocenters. The summed E-state index contributed by atoms with van der Waals surface area (Å²) >= 11 is 1.21. The van der Waals surface area contributed by atoms with Crippen molar-refractivity contribution in [2.45, 2.75) is 32.4 Å². The molecule has 1 saturated carbocycles. The second-order valence-corrected chi connectivity index (χ2v) is 7.81. The number of furan rings is 1. The van der Waals surface area contributed by atoms with Crippen LogP contribution in [0.4, 0.5) is 15.2 Å². The number of benzene rings is 1. The number of nitrogens with zero attached hydrogens (tertiary/aromatic N) is 3. The van der Waals surface area contributed by atoms with Crippen LogP contribution in [0.25, 0.3) is 6.08 Å². The van der Waals surface area contributed by atoms with E-state index < -0.39 is 5.82 Å². The summed E-state index contributed by atoms with van der Waals surface area (Å²) in [5.74, 6) is -0.241. The predicted octanol–water partition coefficient (Wildman–Crippen LogP) is 4.76. The Balaban J connectivity index is 1.50. The van der Waals surface area contributed by atoms with E-state index in [0.29, 0.717) is 17.4 Å². The van der Waals surface area contributed by atoms with Crippen molar-refractivity contribution in [2.75, 3.05) is 4.90 Å². The molecule has 1 fully saturated rings. The van der Waals surface area contributed by atoms with Crippen LogP contribution in [0.1, 0.15) is 31.2 Å². The normalized spacial score (nSPS) is 13.5. The molecule has 0 saturated heterocycles. The van der Waals surface area contributed by atoms with E-state index in [1.807, 2.05) is 6.07 Å². The molecule has 2 aromatic heterocycles. The van der Waals surface area contributed by atoms with Gasteiger partial charge in [0.2, 0.25) is 11.8 Å². The minimum Gasteiger partial charge on any atom is -0.467 e. The Hall–Kier alpha value is -3.26. The fourth-order valence-electron chi connectivity index (χ4n) is 3.09. The molecule has 0 aliphatic heterocycles. The molecule has 0 radical (unpaired) electrons. The SMILES string of the molecule is CC(=O)N(c1nc(C=CC(=O)N(Cc2ccco2)C2CC2)cs1)c1ccccc1F. The lowest BCUT2D eigenvalue weighted by atomic mass is 10.3. The van der Waals surface area contributed by atoms with Crippen molar-refractivity contribution in [1.82, 2.24) is 9.88 Å². The van der Waals surface area contributed by atoms with Crippen LogP contribution in [-0.4, -0.2) is 27.7 Å². The maximum Gasteiger partial charge on any atom is 0.247 e. The third-order valence-electron chi connectivity index (χ3n) is 4.68. The summed E-state index contributed by atoms with van der Waals surface area (Å²) in [5.41, 5.74) is 0.670. The van der Waals surface area contributed by atoms with E-state index in [4.69, 9.17) is 4.42 Å². The highest BCUT2D eigenvalue weighted by molar-refractivity contribution is 7.14. The third kappa shape index (κ3) is 4.49. The van der Waals surface area contributed by atoms with Gasteiger partial charge in [0.25, 0.3) is 0 Å². The molecule has 1 aliphatic carbocycles. The smallest absolute Gasteiger partial charge is 0.247 e. The molecule has 0 bridgehead atoms. The van der Waals surface area contributed by atoms with E-state index in [1.54, 1.807) is 40.8 Å². The third-order valence-corrected chi connectivity index (χ3v) is 5.53. The van der Waals surface area contributed by atoms with Gasteiger partial charge >= 0.3 is 0 Å². The number of halogens is 1. The standard InChI is InChI=1S/C22H20FN3O3S/c1-15(27)26(20-7-3-2-6-19(20)23)22-24-16(14-30-22)8-11-21(28)25(17-9-10-17)13-18-5-4-12-29-18/h2-8,11-12,14,17H,9-10,13H2,1H3. The summed E-state index contributed by atoms with van der Waals surface area (Å²) in [4.78, 5) is 32.2. The summed E-state index contributed by atoms with van der Waals surface area (Å²) in [7, 11) is 0. The van der Waals surface area contributed by atoms with Gasteiger partial charge in [0, 0.05) is 24.4 Å². The zero-order chi connectivity index (χ0) is 21.1. The van der Waals surface area contributed by atoms with E-state index in [2.05, 4.69) is 4.98 Å². The first-order valence-electron chi connectivity index (χ1n) is 9.55. The molecule has 1 aromatic carbocycles. The topological polar surface area (TPSA) is 66.7 Å². The van der Waals surface area contributed by atoms with Gasteiger partial charge in [-0.05, 0) is 43.2 Å². The van der Waals surface area contributed by atoms with Crippen LogP contribution in [0.5, 0.6) is 0 Å². The van der Waals surface area contributed by atoms with Gasteiger partial charge in [0.1, 0.15) is 11.6 Å². The van der Waals surface area contributed by atoms with Gasteiger partial charge in [-0.15, -0.1) is 11.3 Å². The molecule has 2 amide bonds. The number of amides is 2. The largest absolute Gasteiger partial charge is 0.467 e. The summed E-state index contributed by atoms with van der Waals surface area (Å²) < 4.78 is 19.5. The van der Waals surface area contributed by atoms with Gasteiger partial charge in [-0.1, -0.05) is 12.1 Å². The first kappa shape index (κ1) is 20.0. The second-order valence-electron chi connectivity index (χ2n) is 6.97. The molecule has 0 atom stereocenters. The number of carbonyl (C=O) groups excluding carboxylic acids is 2. The van der Waals surface area contributed by atoms with E-state index in [1.165, 1.54) is 41.4 Å². The molecular formula is C22H20FN3O3S. The van der Waals surface area contributed by atoms with Crippen molar-refractivity contribution < 1.29 is 18.4 Å². The van der Waals surface area contributed by atoms with Gasteiger partial charge in [0.05, 0.1) is 24.2 Å². The van der Waals surface area contributed by atoms with Gasteiger partial charge in [-0.2, -0.15) is 0 Å². The fourth-order valence-corrected chi connectivity index (χ4v) is 3.94. The Morgan fingerprint density at radius 1 is 1.27 bits per heavy atom. The highest BCUT2D eigenvalue weighted by Crippen LogP contribution is 2.31. The van der Waals surface area contributed by atoms with Crippen LogP contribution in [-0.2, 0) is 16.1 Å². The summed E-state index contributed by atoms with van der Waals surface area (Å²) in [6, 6.07) is 9.92. The summed E-state index contributed by atoms with van der Waals surface area (Å²) in [6.45, 7) is 1.78. The Morgan fingerprint density at radius 2 is 2.07 bits per heavy atom. The Kier molecular flexibility index (Phi) is 5.76. The number of anilines is 2. The molecule has 2 heterocycles. The molecule has 0 spiro atoms. The van der Waals surface area contributed by atoms with Crippen molar-refractivity contribution in [1.29, 1.82) is 0 Å². The lowest BCUT2D eigenvalue weighted by Gasteiger charge is -2.19. The number of aromatic nitrogens is 1. The Labute approximate surface area is 177 Å². The number of hydrogen-bond donors (Lipinski definition) is 0. The first-order valence-corrected chi connectivity index (χ1v) is 10.4. The fraction of sp³-hybridized carbons (Fsp3) is 0.227. The van der Waals surface area contributed by atoms with E-state index in [-0.39, 0.29) is 23.5 Å². The van der Waals surface area contributed by atoms with Crippen LogP contribution in [0.2, 0.25) is 0 Å². The minimum atomic E-state index is -0.506. The highest BCUT2D eigenvalue weighted by atomic mass is 32.1. The van der Waals surface area contributed by atoms with Gasteiger partial charge < -0.3 is 9.32 Å². The van der Waals surface area contributed by atoms with Crippen molar-refractivity contribution in [3.63, 3.8) is 0 Å². The quantitative estimate of drug-likeness (QED) is 0.512. The second kappa shape index (κ2) is 8.62. The molecule has 1 aliphatic rings. The van der Waals surface area contributed by atoms with Crippen molar-refractivity contribution in [3.8, 4) is 0 Å². The van der Waals surface area contributed by atoms with Crippen molar-refractivity contribution in [2.24, 2.45) is 0 Å². The van der Waals surface area contributed by atoms with Gasteiger partial charge in [0.15, 0.2) is 5.13 Å². The lowest BCUT2D eigenvalue weighted by molar-refractivity contribution is -0.127. The highest BCUT2D eigenvalue weighted by Gasteiger charge is 2.32. The summed E-state index contributed by atoms with van der Waals surface area (Å²) in [6.07, 6.45) is 6.64. The van der Waals surface area contributed by atoms with Crippen LogP contribution in [0.15, 0.2) is 58.5 Å². The van der Waals surface area contributed by atoms with Crippen LogP contribution in [0.3, 0.4) is 0 Å². The molecule has 8 heteroatoms. The first-order chi connectivity index (χ1) is 14.5. The van der Waals surface area contributed by atoms with E-state index >= 15 is 0 Å². The number of hydrogen-bond acceptors (Lipinski definition) is 5. The van der Waals surface area contributed by atoms with Crippen LogP contribution in [0, 0.1) is 5.82 Å². The molecular weight excluding hydrogens is 405 g/mol. The molecule has 0 N–H and O–H groups in total. The van der Waals surface area contributed by atoms with E-state index in [9.17, 15) is 14.0 Å². The van der Waals surface area contributed by atoms with Crippen LogP contribution >= 0.6 is 11.3 Å². The Bertz CT molecular complexity index is 1070. The van der Waals surface area contributed by atoms with Crippen molar-refractivity contribution >= 4 is 40.0 Å². The molecule has 6 nitrogen and oxygen atoms in total. The zero-order valence-electron chi connectivity index (χ0n) is 16.3. The minimum absolute atomic E-state index is 0.124. The molecule has 3 aromatic rings. The number of rotatable bonds is 7. The zero-order valence-corrected chi connectivity index (χ0v) is 17.1. The molecule has 154 valence electrons. The van der Waals surface area contributed by atoms with Crippen molar-refractivity contribution in [3.05, 3.63) is 71.4 Å². The van der Waals surface area contributed by atoms with E-state index in [0.717, 1.165) is 18.6 Å². The number of carbonyl (C=O) groups is 2. The average molecular weight is 425 g/mol. The predicted molar refractivity (Wildman–Crippen MR) is 113 cm³/mol. The lowest BCUT2D eigenvalue weighted by Crippen LogP contribution is -2.30. The Morgan fingerprint density at radius 3 is 2.73 bits per heavy atom. The maximum atomic E-state index is 14.2. The molecule has 4 rings (SSSR count).